The third-order valence-corrected chi connectivity index (χ3v) is 6.65. The van der Waals surface area contributed by atoms with Gasteiger partial charge in [-0.3, -0.25) is 0 Å². The highest BCUT2D eigenvalue weighted by molar-refractivity contribution is 5.71. The monoisotopic (exact) mass is 495 g/mol. The molecule has 0 aromatic carbocycles. The van der Waals surface area contributed by atoms with Crippen molar-refractivity contribution in [2.75, 3.05) is 31.8 Å². The van der Waals surface area contributed by atoms with E-state index in [1.807, 2.05) is 20.8 Å². The Morgan fingerprint density at radius 1 is 1.17 bits per heavy atom. The zero-order valence-corrected chi connectivity index (χ0v) is 21.2. The van der Waals surface area contributed by atoms with E-state index >= 15 is 0 Å². The zero-order chi connectivity index (χ0) is 25.4. The highest BCUT2D eigenvalue weighted by atomic mass is 16.6. The van der Waals surface area contributed by atoms with E-state index in [9.17, 15) is 10.0 Å². The Bertz CT molecular complexity index is 1150. The number of piperidine rings is 1. The van der Waals surface area contributed by atoms with Gasteiger partial charge in [0, 0.05) is 36.8 Å². The summed E-state index contributed by atoms with van der Waals surface area (Å²) >= 11 is 0. The molecule has 1 unspecified atom stereocenters. The Kier molecular flexibility index (Phi) is 6.52. The van der Waals surface area contributed by atoms with E-state index < -0.39 is 5.60 Å². The first-order chi connectivity index (χ1) is 17.2. The molecule has 11 nitrogen and oxygen atoms in total. The number of nitrogens with one attached hydrogen (secondary N) is 1. The SMILES string of the molecule is COc1ncnc(C2CC2)c1-c1ncc2c(n1)N(CC1CCN(C(=O)OC(C)(C)C)CC1)[NH+]([O-])C=C2. The van der Waals surface area contributed by atoms with E-state index in [1.165, 1.54) is 6.33 Å². The summed E-state index contributed by atoms with van der Waals surface area (Å²) in [6, 6.07) is 0. The average Bonchev–Trinajstić information content (AvgIpc) is 3.70. The van der Waals surface area contributed by atoms with Gasteiger partial charge in [-0.05, 0) is 52.4 Å². The molecular formula is C25H33N7O4. The van der Waals surface area contributed by atoms with Gasteiger partial charge in [-0.1, -0.05) is 0 Å². The molecule has 2 fully saturated rings. The number of hydrogen-bond acceptors (Lipinski definition) is 9. The number of amides is 1. The summed E-state index contributed by atoms with van der Waals surface area (Å²) in [5.41, 5.74) is 1.85. The number of likely N-dealkylation sites (tertiary alicyclic amines) is 1. The number of carbonyl (C=O) groups is 1. The summed E-state index contributed by atoms with van der Waals surface area (Å²) in [5.74, 6) is 2.06. The number of quaternary nitrogens is 1. The molecule has 1 N–H and O–H groups in total. The molecule has 1 atom stereocenters. The molecule has 1 saturated heterocycles. The van der Waals surface area contributed by atoms with Crippen LogP contribution >= 0.6 is 0 Å². The lowest BCUT2D eigenvalue weighted by Gasteiger charge is -2.39. The maximum atomic E-state index is 13.0. The van der Waals surface area contributed by atoms with Gasteiger partial charge >= 0.3 is 6.09 Å². The number of nitrogens with zero attached hydrogens (tertiary/aromatic N) is 6. The Balaban J connectivity index is 1.36. The van der Waals surface area contributed by atoms with Gasteiger partial charge in [0.15, 0.2) is 11.6 Å². The number of hydrogen-bond donors (Lipinski definition) is 1. The van der Waals surface area contributed by atoms with E-state index in [1.54, 1.807) is 35.5 Å². The first-order valence-electron chi connectivity index (χ1n) is 12.5. The summed E-state index contributed by atoms with van der Waals surface area (Å²) in [6.07, 6.45) is 9.97. The second-order valence-electron chi connectivity index (χ2n) is 10.6. The van der Waals surface area contributed by atoms with E-state index in [4.69, 9.17) is 14.5 Å². The number of carbonyl (C=O) groups excluding carboxylic acids is 1. The molecule has 1 aliphatic carbocycles. The molecule has 0 spiro atoms. The second kappa shape index (κ2) is 9.62. The molecule has 11 heteroatoms. The molecule has 1 saturated carbocycles. The first-order valence-corrected chi connectivity index (χ1v) is 12.5. The normalized spacial score (nSPS) is 20.3. The van der Waals surface area contributed by atoms with Gasteiger partial charge in [-0.15, -0.1) is 0 Å². The number of anilines is 1. The summed E-state index contributed by atoms with van der Waals surface area (Å²) < 4.78 is 11.0. The summed E-state index contributed by atoms with van der Waals surface area (Å²) in [4.78, 5) is 32.4. The lowest BCUT2D eigenvalue weighted by Crippen LogP contribution is -3.11. The Hall–Kier alpha value is -3.31. The van der Waals surface area contributed by atoms with Crippen LogP contribution in [0, 0.1) is 11.1 Å². The molecule has 2 aliphatic heterocycles. The quantitative estimate of drug-likeness (QED) is 0.624. The van der Waals surface area contributed by atoms with Crippen LogP contribution in [0.4, 0.5) is 10.6 Å². The Morgan fingerprint density at radius 3 is 2.58 bits per heavy atom. The minimum absolute atomic E-state index is 0.111. The van der Waals surface area contributed by atoms with Crippen molar-refractivity contribution >= 4 is 18.0 Å². The molecule has 1 amide bonds. The number of aromatic nitrogens is 4. The highest BCUT2D eigenvalue weighted by Gasteiger charge is 2.34. The van der Waals surface area contributed by atoms with Gasteiger partial charge in [0.25, 0.3) is 0 Å². The van der Waals surface area contributed by atoms with Crippen LogP contribution in [-0.4, -0.2) is 63.3 Å². The third-order valence-electron chi connectivity index (χ3n) is 6.65. The van der Waals surface area contributed by atoms with Crippen molar-refractivity contribution in [1.82, 2.24) is 24.8 Å². The predicted molar refractivity (Wildman–Crippen MR) is 133 cm³/mol. The fourth-order valence-corrected chi connectivity index (χ4v) is 4.66. The van der Waals surface area contributed by atoms with Crippen molar-refractivity contribution < 1.29 is 19.4 Å². The van der Waals surface area contributed by atoms with Crippen LogP contribution in [0.2, 0.25) is 0 Å². The van der Waals surface area contributed by atoms with Crippen LogP contribution in [0.3, 0.4) is 0 Å². The lowest BCUT2D eigenvalue weighted by molar-refractivity contribution is -0.802. The topological polar surface area (TPSA) is 121 Å². The maximum absolute atomic E-state index is 13.0. The number of ether oxygens (including phenoxy) is 2. The minimum atomic E-state index is -0.520. The van der Waals surface area contributed by atoms with Crippen LogP contribution in [0.25, 0.3) is 17.5 Å². The van der Waals surface area contributed by atoms with Gasteiger partial charge < -0.3 is 19.6 Å². The van der Waals surface area contributed by atoms with Crippen molar-refractivity contribution in [2.45, 2.75) is 58.0 Å². The van der Waals surface area contributed by atoms with Crippen molar-refractivity contribution in [3.8, 4) is 17.3 Å². The van der Waals surface area contributed by atoms with Crippen LogP contribution in [-0.2, 0) is 4.74 Å². The number of rotatable bonds is 5. The standard InChI is InChI=1S/C25H33N7O4/c1-25(2,3)36-24(33)30-10-7-16(8-11-30)14-31-22-18(9-12-32(31)34)13-26-21(29-22)19-20(17-5-6-17)27-15-28-23(19)35-4/h9,12-13,15-17,32H,5-8,10-11,14H2,1-4H3. The molecule has 2 aromatic heterocycles. The molecule has 192 valence electrons. The molecule has 3 aliphatic rings. The molecule has 2 aromatic rings. The van der Waals surface area contributed by atoms with Gasteiger partial charge in [0.1, 0.15) is 23.7 Å². The third kappa shape index (κ3) is 5.12. The average molecular weight is 496 g/mol. The Labute approximate surface area is 210 Å². The number of methoxy groups -OCH3 is 1. The van der Waals surface area contributed by atoms with Crippen LogP contribution in [0.15, 0.2) is 18.7 Å². The second-order valence-corrected chi connectivity index (χ2v) is 10.6. The van der Waals surface area contributed by atoms with Gasteiger partial charge in [-0.2, -0.15) is 0 Å². The first kappa shape index (κ1) is 24.4. The maximum Gasteiger partial charge on any atom is 0.410 e. The molecule has 5 rings (SSSR count). The smallest absolute Gasteiger partial charge is 0.410 e. The van der Waals surface area contributed by atoms with E-state index in [-0.39, 0.29) is 17.2 Å². The molecule has 36 heavy (non-hydrogen) atoms. The summed E-state index contributed by atoms with van der Waals surface area (Å²) in [5, 5.41) is 14.6. The molecule has 0 bridgehead atoms. The Morgan fingerprint density at radius 2 is 1.92 bits per heavy atom. The fraction of sp³-hybridized carbons (Fsp3) is 0.560. The van der Waals surface area contributed by atoms with Crippen LogP contribution in [0.1, 0.15) is 63.6 Å². The molecule has 0 radical (unpaired) electrons. The van der Waals surface area contributed by atoms with E-state index in [0.717, 1.165) is 36.9 Å². The van der Waals surface area contributed by atoms with Crippen LogP contribution < -0.4 is 14.9 Å². The van der Waals surface area contributed by atoms with E-state index in [2.05, 4.69) is 15.0 Å². The highest BCUT2D eigenvalue weighted by Crippen LogP contribution is 2.45. The zero-order valence-electron chi connectivity index (χ0n) is 21.2. The molecule has 4 heterocycles. The predicted octanol–water partition coefficient (Wildman–Crippen LogP) is 2.56. The van der Waals surface area contributed by atoms with Gasteiger partial charge in [-0.25, -0.2) is 34.9 Å². The van der Waals surface area contributed by atoms with Gasteiger partial charge in [0.2, 0.25) is 5.88 Å². The van der Waals surface area contributed by atoms with Crippen molar-refractivity contribution in [1.29, 1.82) is 0 Å². The summed E-state index contributed by atoms with van der Waals surface area (Å²) in [7, 11) is 1.57. The number of hydroxylamine groups is 1. The fourth-order valence-electron chi connectivity index (χ4n) is 4.66. The van der Waals surface area contributed by atoms with E-state index in [0.29, 0.717) is 48.6 Å². The van der Waals surface area contributed by atoms with Crippen LogP contribution in [0.5, 0.6) is 5.88 Å². The van der Waals surface area contributed by atoms with Crippen molar-refractivity contribution in [2.24, 2.45) is 5.92 Å². The minimum Gasteiger partial charge on any atom is -0.603 e. The largest absolute Gasteiger partial charge is 0.603 e. The molecular weight excluding hydrogens is 462 g/mol. The van der Waals surface area contributed by atoms with Crippen molar-refractivity contribution in [3.05, 3.63) is 35.2 Å². The summed E-state index contributed by atoms with van der Waals surface area (Å²) in [6.45, 7) is 7.32. The van der Waals surface area contributed by atoms with Crippen molar-refractivity contribution in [3.63, 3.8) is 0 Å². The lowest BCUT2D eigenvalue weighted by atomic mass is 9.96. The number of fused-ring (bicyclic) bond motifs is 1. The van der Waals surface area contributed by atoms with Gasteiger partial charge in [0.05, 0.1) is 19.3 Å².